The Balaban J connectivity index is 1.51. The third-order valence-corrected chi connectivity index (χ3v) is 25.1. The van der Waals surface area contributed by atoms with E-state index in [1.54, 1.807) is 0 Å². The van der Waals surface area contributed by atoms with Crippen molar-refractivity contribution in [1.82, 2.24) is 0 Å². The summed E-state index contributed by atoms with van der Waals surface area (Å²) in [5, 5.41) is 0. The lowest BCUT2D eigenvalue weighted by Gasteiger charge is -2.43. The minimum absolute atomic E-state index is 0.145. The first-order valence-corrected chi connectivity index (χ1v) is 43.5. The van der Waals surface area contributed by atoms with Crippen molar-refractivity contribution in [2.75, 3.05) is 0 Å². The number of benzene rings is 9. The van der Waals surface area contributed by atoms with Crippen LogP contribution in [0.25, 0.3) is 0 Å². The maximum atomic E-state index is 8.28. The molecule has 0 saturated heterocycles. The molecule has 9 rings (SSSR count). The van der Waals surface area contributed by atoms with E-state index < -0.39 is 24.8 Å². The Morgan fingerprint density at radius 1 is 0.183 bits per heavy atom. The van der Waals surface area contributed by atoms with Gasteiger partial charge in [0.2, 0.25) is 0 Å². The smallest absolute Gasteiger partial charge is 0.408 e. The Bertz CT molecular complexity index is 4320. The molecule has 4 heteroatoms. The van der Waals surface area contributed by atoms with Crippen LogP contribution in [0, 0.1) is 0 Å². The molecule has 0 heterocycles. The zero-order chi connectivity index (χ0) is 86.4. The average molecular weight is 1560 g/mol. The molecule has 3 nitrogen and oxygen atoms in total. The van der Waals surface area contributed by atoms with E-state index in [1.807, 2.05) is 0 Å². The summed E-state index contributed by atoms with van der Waals surface area (Å²) in [6.45, 7) is 99.1. The van der Waals surface area contributed by atoms with Crippen molar-refractivity contribution in [3.8, 4) is 17.2 Å². The minimum atomic E-state index is -2.62. The van der Waals surface area contributed by atoms with Crippen LogP contribution < -0.4 is 13.6 Å². The molecule has 0 N–H and O–H groups in total. The Hall–Kier alpha value is -7.97. The van der Waals surface area contributed by atoms with Gasteiger partial charge in [0, 0.05) is 16.7 Å². The third kappa shape index (κ3) is 18.4. The van der Waals surface area contributed by atoms with E-state index in [0.717, 1.165) is 50.1 Å². The fourth-order valence-electron chi connectivity index (χ4n) is 17.1. The lowest BCUT2D eigenvalue weighted by molar-refractivity contribution is 0.378. The van der Waals surface area contributed by atoms with Crippen LogP contribution in [-0.4, -0.2) is 0 Å². The molecule has 0 aromatic heterocycles. The van der Waals surface area contributed by atoms with Crippen molar-refractivity contribution in [1.29, 1.82) is 0 Å². The molecule has 0 fully saturated rings. The average Bonchev–Trinajstić information content (AvgIpc) is 0.724. The molecule has 0 atom stereocenters. The van der Waals surface area contributed by atoms with E-state index in [9.17, 15) is 0 Å². The Morgan fingerprint density at radius 3 is 0.461 bits per heavy atom. The van der Waals surface area contributed by atoms with Crippen molar-refractivity contribution in [2.24, 2.45) is 0 Å². The zero-order valence-electron chi connectivity index (χ0n) is 78.3. The van der Waals surface area contributed by atoms with Crippen LogP contribution >= 0.6 is 8.60 Å². The molecule has 0 aliphatic rings. The Labute approximate surface area is 702 Å². The van der Waals surface area contributed by atoms with Gasteiger partial charge in [-0.25, -0.2) is 0 Å². The monoisotopic (exact) mass is 1560 g/mol. The fourth-order valence-corrected chi connectivity index (χ4v) is 18.1. The van der Waals surface area contributed by atoms with E-state index in [4.69, 9.17) is 33.3 Å². The van der Waals surface area contributed by atoms with Crippen LogP contribution in [0.15, 0.2) is 220 Å². The molecular weight excluding hydrogens is 1410 g/mol. The topological polar surface area (TPSA) is 27.7 Å². The molecule has 0 bridgehead atoms. The molecule has 0 aliphatic heterocycles. The summed E-state index contributed by atoms with van der Waals surface area (Å²) in [4.78, 5) is 0. The SMILES string of the molecule is C=CC(c1ccccc1OP(Oc1ccccc1C(C=C)(c1ccc(C(C)(C)C)cc1C(C)(C)C)c1ccc(C(C)(C)C)cc1C(C)(C)C)Oc1ccccc1C(C=C)(c1ccc(C(C)(C)C)cc1C(C)(C)C)c1ccc(C(C)(C)C)cc1C(C)(C)C)(c1ccc(C(C)(C)C)cc1C(C)(C)C)c1ccc(C(C)(C)C)cc1C(C)(C)C. The predicted molar refractivity (Wildman–Crippen MR) is 501 cm³/mol. The quantitative estimate of drug-likeness (QED) is 0.0487. The highest BCUT2D eigenvalue weighted by molar-refractivity contribution is 7.43. The summed E-state index contributed by atoms with van der Waals surface area (Å²) in [5.74, 6) is 1.78. The highest BCUT2D eigenvalue weighted by Gasteiger charge is 2.49. The van der Waals surface area contributed by atoms with Crippen LogP contribution in [0.4, 0.5) is 0 Å². The number of hydrogen-bond donors (Lipinski definition) is 0. The molecule has 614 valence electrons. The highest BCUT2D eigenvalue weighted by Crippen LogP contribution is 2.60. The van der Waals surface area contributed by atoms with Crippen LogP contribution in [0.1, 0.15) is 366 Å². The van der Waals surface area contributed by atoms with Gasteiger partial charge in [-0.2, -0.15) is 0 Å². The molecule has 0 unspecified atom stereocenters. The highest BCUT2D eigenvalue weighted by atomic mass is 31.2. The van der Waals surface area contributed by atoms with Crippen molar-refractivity contribution >= 4 is 8.60 Å². The van der Waals surface area contributed by atoms with Gasteiger partial charge in [0.05, 0.1) is 16.2 Å². The lowest BCUT2D eigenvalue weighted by Crippen LogP contribution is -2.35. The molecule has 0 spiro atoms. The van der Waals surface area contributed by atoms with Gasteiger partial charge >= 0.3 is 8.60 Å². The number of rotatable bonds is 18. The van der Waals surface area contributed by atoms with Crippen molar-refractivity contribution in [2.45, 2.75) is 330 Å². The maximum Gasteiger partial charge on any atom is 0.530 e. The Kier molecular flexibility index (Phi) is 24.8. The van der Waals surface area contributed by atoms with Gasteiger partial charge in [0.25, 0.3) is 0 Å². The van der Waals surface area contributed by atoms with Gasteiger partial charge in [-0.15, -0.1) is 19.7 Å². The zero-order valence-corrected chi connectivity index (χ0v) is 79.2. The number of hydrogen-bond acceptors (Lipinski definition) is 3. The van der Waals surface area contributed by atoms with E-state index in [-0.39, 0.29) is 65.0 Å². The van der Waals surface area contributed by atoms with Crippen LogP contribution in [0.3, 0.4) is 0 Å². The lowest BCUT2D eigenvalue weighted by atomic mass is 9.61. The first kappa shape index (κ1) is 90.9. The summed E-state index contributed by atoms with van der Waals surface area (Å²) in [5.41, 5.74) is 18.3. The van der Waals surface area contributed by atoms with Crippen LogP contribution in [0.5, 0.6) is 17.2 Å². The molecule has 0 saturated carbocycles. The molecule has 115 heavy (non-hydrogen) atoms. The summed E-state index contributed by atoms with van der Waals surface area (Å²) in [7, 11) is -2.62. The van der Waals surface area contributed by atoms with Gasteiger partial charge < -0.3 is 13.6 Å². The first-order valence-electron chi connectivity index (χ1n) is 42.4. The second-order valence-corrected chi connectivity index (χ2v) is 46.6. The van der Waals surface area contributed by atoms with Crippen molar-refractivity contribution in [3.63, 3.8) is 0 Å². The standard InChI is InChI=1S/C111H147O3P/c1-40-109(79-61-55-73(97(4,5)6)67-88(79)103(22,23)24,80-62-56-74(98(7,8)9)68-89(80)104(25,26)27)85-49-43-46-52-94(85)112-115(113-95-53-47-44-50-86(95)110(41-2,81-63-57-75(99(10,11)12)69-90(81)105(28,29)30)82-64-58-76(100(13,14)15)70-91(82)106(31,32)33)114-96-54-48-45-51-87(96)111(42-3,83-65-59-77(101(16,17)18)71-92(83)107(34,35)36)84-66-60-78(102(19,20)21)72-93(84)108(37,38)39/h40-72H,1-3H2,4-39H3. The molecule has 0 aliphatic carbocycles. The molecule has 0 radical (unpaired) electrons. The molecular formula is C111H147O3P. The normalized spacial score (nSPS) is 13.7. The fraction of sp³-hybridized carbons (Fsp3) is 0.459. The van der Waals surface area contributed by atoms with Crippen LogP contribution in [-0.2, 0) is 81.2 Å². The minimum Gasteiger partial charge on any atom is -0.408 e. The summed E-state index contributed by atoms with van der Waals surface area (Å²) >= 11 is 0. The second-order valence-electron chi connectivity index (χ2n) is 45.6. The maximum absolute atomic E-state index is 8.28. The van der Waals surface area contributed by atoms with Crippen molar-refractivity contribution in [3.05, 3.63) is 337 Å². The number of allylic oxidation sites excluding steroid dienone is 3. The molecule has 0 amide bonds. The summed E-state index contributed by atoms with van der Waals surface area (Å²) in [6, 6.07) is 69.3. The van der Waals surface area contributed by atoms with Gasteiger partial charge in [-0.05, 0) is 183 Å². The largest absolute Gasteiger partial charge is 0.530 e. The van der Waals surface area contributed by atoms with E-state index in [0.29, 0.717) is 17.2 Å². The van der Waals surface area contributed by atoms with E-state index in [2.05, 4.69) is 449 Å². The third-order valence-electron chi connectivity index (χ3n) is 24.1. The number of para-hydroxylation sites is 3. The van der Waals surface area contributed by atoms with Gasteiger partial charge in [0.1, 0.15) is 17.2 Å². The predicted octanol–water partition coefficient (Wildman–Crippen LogP) is 31.6. The van der Waals surface area contributed by atoms with Gasteiger partial charge in [-0.3, -0.25) is 0 Å². The van der Waals surface area contributed by atoms with Crippen LogP contribution in [0.2, 0.25) is 0 Å². The first-order chi connectivity index (χ1) is 52.4. The Morgan fingerprint density at radius 2 is 0.330 bits per heavy atom. The second kappa shape index (κ2) is 31.4. The molecule has 9 aromatic rings. The molecule has 9 aromatic carbocycles. The summed E-state index contributed by atoms with van der Waals surface area (Å²) in [6.07, 6.45) is 6.61. The van der Waals surface area contributed by atoms with Gasteiger partial charge in [0.15, 0.2) is 0 Å². The van der Waals surface area contributed by atoms with E-state index in [1.165, 1.54) is 66.8 Å². The van der Waals surface area contributed by atoms with Gasteiger partial charge in [-0.1, -0.05) is 431 Å². The summed E-state index contributed by atoms with van der Waals surface area (Å²) < 4.78 is 24.8. The van der Waals surface area contributed by atoms with E-state index >= 15 is 0 Å². The van der Waals surface area contributed by atoms with Crippen molar-refractivity contribution < 1.29 is 13.6 Å².